The van der Waals surface area contributed by atoms with Crippen LogP contribution in [0.15, 0.2) is 24.3 Å². The molecule has 0 bridgehead atoms. The fraction of sp³-hybridized carbons (Fsp3) is 0.400. The number of nitrogens with one attached hydrogen (secondary N) is 2. The standard InChI is InChI=1S/C15H19N3O3/c1-3-15(4-2,9-12(19)20)16-14(21)13-10-7-5-6-8-11(10)17-18-13/h5-8H,3-4,9H2,1-2H3,(H,16,21)(H,17,18)(H,19,20). The second-order valence-corrected chi connectivity index (χ2v) is 5.13. The van der Waals surface area contributed by atoms with Crippen LogP contribution in [0.3, 0.4) is 0 Å². The SMILES string of the molecule is CCC(CC)(CC(=O)O)NC(=O)c1n[nH]c2ccccc12. The maximum atomic E-state index is 12.4. The first-order valence-corrected chi connectivity index (χ1v) is 6.98. The minimum Gasteiger partial charge on any atom is -0.481 e. The molecule has 6 heteroatoms. The molecule has 0 saturated carbocycles. The number of carbonyl (C=O) groups is 2. The van der Waals surface area contributed by atoms with Crippen molar-refractivity contribution in [2.45, 2.75) is 38.6 Å². The van der Waals surface area contributed by atoms with Crippen LogP contribution in [0.2, 0.25) is 0 Å². The minimum atomic E-state index is -0.925. The lowest BCUT2D eigenvalue weighted by Crippen LogP contribution is -2.49. The second kappa shape index (κ2) is 5.95. The molecule has 1 heterocycles. The summed E-state index contributed by atoms with van der Waals surface area (Å²) in [6, 6.07) is 7.33. The van der Waals surface area contributed by atoms with E-state index >= 15 is 0 Å². The molecule has 2 rings (SSSR count). The number of nitrogens with zero attached hydrogens (tertiary/aromatic N) is 1. The number of carboxylic acid groups (broad SMARTS) is 1. The van der Waals surface area contributed by atoms with E-state index in [2.05, 4.69) is 15.5 Å². The van der Waals surface area contributed by atoms with Gasteiger partial charge in [-0.3, -0.25) is 14.7 Å². The topological polar surface area (TPSA) is 95.1 Å². The first kappa shape index (κ1) is 15.0. The molecule has 1 aromatic carbocycles. The zero-order valence-corrected chi connectivity index (χ0v) is 12.1. The smallest absolute Gasteiger partial charge is 0.305 e. The second-order valence-electron chi connectivity index (χ2n) is 5.13. The number of carbonyl (C=O) groups excluding carboxylic acids is 1. The number of hydrogen-bond donors (Lipinski definition) is 3. The molecule has 6 nitrogen and oxygen atoms in total. The van der Waals surface area contributed by atoms with Crippen molar-refractivity contribution in [3.8, 4) is 0 Å². The van der Waals surface area contributed by atoms with Gasteiger partial charge in [0.1, 0.15) is 0 Å². The largest absolute Gasteiger partial charge is 0.481 e. The molecule has 1 amide bonds. The van der Waals surface area contributed by atoms with E-state index in [-0.39, 0.29) is 12.3 Å². The molecule has 2 aromatic rings. The van der Waals surface area contributed by atoms with Crippen molar-refractivity contribution in [2.75, 3.05) is 0 Å². The van der Waals surface area contributed by atoms with E-state index in [9.17, 15) is 9.59 Å². The van der Waals surface area contributed by atoms with Gasteiger partial charge in [0.2, 0.25) is 0 Å². The summed E-state index contributed by atoms with van der Waals surface area (Å²) in [7, 11) is 0. The van der Waals surface area contributed by atoms with Crippen molar-refractivity contribution in [3.63, 3.8) is 0 Å². The third-order valence-corrected chi connectivity index (χ3v) is 3.91. The van der Waals surface area contributed by atoms with E-state index in [4.69, 9.17) is 5.11 Å². The Morgan fingerprint density at radius 1 is 1.29 bits per heavy atom. The fourth-order valence-corrected chi connectivity index (χ4v) is 2.45. The number of para-hydroxylation sites is 1. The summed E-state index contributed by atoms with van der Waals surface area (Å²) < 4.78 is 0. The summed E-state index contributed by atoms with van der Waals surface area (Å²) in [5, 5.41) is 19.5. The van der Waals surface area contributed by atoms with Gasteiger partial charge in [-0.1, -0.05) is 32.0 Å². The fourth-order valence-electron chi connectivity index (χ4n) is 2.45. The van der Waals surface area contributed by atoms with Crippen LogP contribution in [0.4, 0.5) is 0 Å². The number of aliphatic carboxylic acids is 1. The molecule has 0 fully saturated rings. The molecule has 0 spiro atoms. The molecule has 0 radical (unpaired) electrons. The van der Waals surface area contributed by atoms with Crippen molar-refractivity contribution in [3.05, 3.63) is 30.0 Å². The van der Waals surface area contributed by atoms with Crippen LogP contribution in [-0.2, 0) is 4.79 Å². The maximum Gasteiger partial charge on any atom is 0.305 e. The number of fused-ring (bicyclic) bond motifs is 1. The minimum absolute atomic E-state index is 0.103. The van der Waals surface area contributed by atoms with Gasteiger partial charge < -0.3 is 10.4 Å². The van der Waals surface area contributed by atoms with Crippen LogP contribution in [0, 0.1) is 0 Å². The lowest BCUT2D eigenvalue weighted by molar-refractivity contribution is -0.138. The monoisotopic (exact) mass is 289 g/mol. The van der Waals surface area contributed by atoms with Crippen molar-refractivity contribution < 1.29 is 14.7 Å². The number of aromatic amines is 1. The molecule has 112 valence electrons. The van der Waals surface area contributed by atoms with Crippen LogP contribution in [0.5, 0.6) is 0 Å². The molecule has 0 unspecified atom stereocenters. The highest BCUT2D eigenvalue weighted by molar-refractivity contribution is 6.05. The molecule has 0 aliphatic heterocycles. The van der Waals surface area contributed by atoms with Gasteiger partial charge in [-0.2, -0.15) is 5.10 Å². The van der Waals surface area contributed by atoms with Gasteiger partial charge in [0.05, 0.1) is 17.5 Å². The third kappa shape index (κ3) is 3.04. The van der Waals surface area contributed by atoms with Crippen LogP contribution in [0.25, 0.3) is 10.9 Å². The zero-order valence-electron chi connectivity index (χ0n) is 12.1. The van der Waals surface area contributed by atoms with Gasteiger partial charge in [0, 0.05) is 5.39 Å². The molecule has 21 heavy (non-hydrogen) atoms. The number of H-pyrrole nitrogens is 1. The number of benzene rings is 1. The number of rotatable bonds is 6. The van der Waals surface area contributed by atoms with Gasteiger partial charge in [-0.15, -0.1) is 0 Å². The van der Waals surface area contributed by atoms with E-state index in [0.717, 1.165) is 10.9 Å². The normalized spacial score (nSPS) is 11.5. The van der Waals surface area contributed by atoms with E-state index in [1.807, 2.05) is 38.1 Å². The Morgan fingerprint density at radius 2 is 1.95 bits per heavy atom. The predicted octanol–water partition coefficient (Wildman–Crippen LogP) is 2.33. The van der Waals surface area contributed by atoms with E-state index in [1.165, 1.54) is 0 Å². The molecule has 0 aliphatic rings. The van der Waals surface area contributed by atoms with Gasteiger partial charge in [-0.25, -0.2) is 0 Å². The number of aromatic nitrogens is 2. The maximum absolute atomic E-state index is 12.4. The summed E-state index contributed by atoms with van der Waals surface area (Å²) in [5.41, 5.74) is 0.324. The average Bonchev–Trinajstić information content (AvgIpc) is 2.90. The molecule has 1 aromatic heterocycles. The Balaban J connectivity index is 2.28. The number of amides is 1. The van der Waals surface area contributed by atoms with Crippen LogP contribution in [0.1, 0.15) is 43.6 Å². The first-order valence-electron chi connectivity index (χ1n) is 6.98. The lowest BCUT2D eigenvalue weighted by Gasteiger charge is -2.31. The molecule has 0 atom stereocenters. The highest BCUT2D eigenvalue weighted by Crippen LogP contribution is 2.22. The Morgan fingerprint density at radius 3 is 2.57 bits per heavy atom. The zero-order chi connectivity index (χ0) is 15.5. The van der Waals surface area contributed by atoms with Gasteiger partial charge in [0.25, 0.3) is 5.91 Å². The van der Waals surface area contributed by atoms with Crippen LogP contribution < -0.4 is 5.32 Å². The Bertz CT molecular complexity index is 659. The molecule has 3 N–H and O–H groups in total. The average molecular weight is 289 g/mol. The van der Waals surface area contributed by atoms with Crippen molar-refractivity contribution in [1.29, 1.82) is 0 Å². The highest BCUT2D eigenvalue weighted by atomic mass is 16.4. The van der Waals surface area contributed by atoms with Gasteiger partial charge in [-0.05, 0) is 18.9 Å². The summed E-state index contributed by atoms with van der Waals surface area (Å²) in [6.45, 7) is 3.74. The van der Waals surface area contributed by atoms with E-state index in [0.29, 0.717) is 18.5 Å². The lowest BCUT2D eigenvalue weighted by atomic mass is 9.88. The highest BCUT2D eigenvalue weighted by Gasteiger charge is 2.32. The molecular weight excluding hydrogens is 270 g/mol. The summed E-state index contributed by atoms with van der Waals surface area (Å²) in [6.07, 6.45) is 0.988. The third-order valence-electron chi connectivity index (χ3n) is 3.91. The van der Waals surface area contributed by atoms with E-state index in [1.54, 1.807) is 0 Å². The van der Waals surface area contributed by atoms with E-state index < -0.39 is 11.5 Å². The van der Waals surface area contributed by atoms with Gasteiger partial charge in [0.15, 0.2) is 5.69 Å². The van der Waals surface area contributed by atoms with Crippen molar-refractivity contribution in [1.82, 2.24) is 15.5 Å². The molecular formula is C15H19N3O3. The molecule has 0 saturated heterocycles. The number of carboxylic acids is 1. The first-order chi connectivity index (χ1) is 10.0. The summed E-state index contributed by atoms with van der Waals surface area (Å²) >= 11 is 0. The van der Waals surface area contributed by atoms with Crippen molar-refractivity contribution in [2.24, 2.45) is 0 Å². The van der Waals surface area contributed by atoms with Gasteiger partial charge >= 0.3 is 5.97 Å². The summed E-state index contributed by atoms with van der Waals surface area (Å²) in [4.78, 5) is 23.5. The number of hydrogen-bond acceptors (Lipinski definition) is 3. The van der Waals surface area contributed by atoms with Crippen LogP contribution >= 0.6 is 0 Å². The Labute approximate surface area is 122 Å². The predicted molar refractivity (Wildman–Crippen MR) is 79.1 cm³/mol. The molecule has 0 aliphatic carbocycles. The van der Waals surface area contributed by atoms with Crippen molar-refractivity contribution >= 4 is 22.8 Å². The Hall–Kier alpha value is -2.37. The quantitative estimate of drug-likeness (QED) is 0.760. The van der Waals surface area contributed by atoms with Crippen LogP contribution in [-0.4, -0.2) is 32.7 Å². The summed E-state index contributed by atoms with van der Waals surface area (Å²) in [5.74, 6) is -1.27. The Kier molecular flexibility index (Phi) is 4.26.